The molecule has 0 saturated heterocycles. The van der Waals surface area contributed by atoms with Crippen molar-refractivity contribution in [3.05, 3.63) is 0 Å². The van der Waals surface area contributed by atoms with Gasteiger partial charge in [-0.2, -0.15) is 0 Å². The first-order valence-corrected chi connectivity index (χ1v) is 10.9. The van der Waals surface area contributed by atoms with Crippen molar-refractivity contribution >= 4 is 0 Å². The predicted octanol–water partition coefficient (Wildman–Crippen LogP) is 3.89. The third-order valence-electron chi connectivity index (χ3n) is 9.71. The van der Waals surface area contributed by atoms with Gasteiger partial charge in [0.2, 0.25) is 0 Å². The Labute approximate surface area is 153 Å². The standard InChI is InChI=1S/C22H38O3/c1-20-10-6-16(24)14-15(20)4-5-17-18(20)7-11-21(2)19(17)8-12-22(21,25)9-3-13-23/h15-19,23-25H,3-14H2,1-2H3/t15-,16?,17+,18-,19-,20-,21-,22?/m0/s1. The summed E-state index contributed by atoms with van der Waals surface area (Å²) < 4.78 is 0. The molecule has 0 aromatic carbocycles. The molecule has 0 bridgehead atoms. The highest BCUT2D eigenvalue weighted by atomic mass is 16.3. The summed E-state index contributed by atoms with van der Waals surface area (Å²) in [6.07, 6.45) is 11.7. The first kappa shape index (κ1) is 18.3. The van der Waals surface area contributed by atoms with Crippen molar-refractivity contribution in [2.45, 2.75) is 96.2 Å². The molecular formula is C22H38O3. The normalized spacial score (nSPS) is 55.3. The van der Waals surface area contributed by atoms with Gasteiger partial charge in [-0.25, -0.2) is 0 Å². The summed E-state index contributed by atoms with van der Waals surface area (Å²) >= 11 is 0. The van der Waals surface area contributed by atoms with Crippen molar-refractivity contribution in [3.8, 4) is 0 Å². The molecule has 0 aromatic rings. The Morgan fingerprint density at radius 1 is 0.920 bits per heavy atom. The molecule has 4 saturated carbocycles. The second kappa shape index (κ2) is 6.21. The van der Waals surface area contributed by atoms with Crippen molar-refractivity contribution in [1.82, 2.24) is 0 Å². The van der Waals surface area contributed by atoms with E-state index in [9.17, 15) is 15.3 Å². The second-order valence-corrected chi connectivity index (χ2v) is 10.4. The minimum Gasteiger partial charge on any atom is -0.396 e. The van der Waals surface area contributed by atoms with Crippen molar-refractivity contribution in [2.75, 3.05) is 6.61 Å². The van der Waals surface area contributed by atoms with E-state index in [-0.39, 0.29) is 18.1 Å². The van der Waals surface area contributed by atoms with Crippen LogP contribution in [-0.4, -0.2) is 33.6 Å². The summed E-state index contributed by atoms with van der Waals surface area (Å²) in [5.41, 5.74) is -0.109. The van der Waals surface area contributed by atoms with Crippen LogP contribution in [0.3, 0.4) is 0 Å². The summed E-state index contributed by atoms with van der Waals surface area (Å²) in [5, 5.41) is 30.9. The van der Waals surface area contributed by atoms with E-state index in [2.05, 4.69) is 13.8 Å². The van der Waals surface area contributed by atoms with E-state index < -0.39 is 5.60 Å². The summed E-state index contributed by atoms with van der Waals surface area (Å²) in [5.74, 6) is 2.91. The fourth-order valence-corrected chi connectivity index (χ4v) is 8.13. The number of aliphatic hydroxyl groups excluding tert-OH is 2. The maximum absolute atomic E-state index is 11.5. The molecule has 144 valence electrons. The Bertz CT molecular complexity index is 508. The van der Waals surface area contributed by atoms with Crippen molar-refractivity contribution in [1.29, 1.82) is 0 Å². The molecule has 0 heterocycles. The van der Waals surface area contributed by atoms with E-state index in [1.54, 1.807) is 0 Å². The maximum atomic E-state index is 11.5. The van der Waals surface area contributed by atoms with Gasteiger partial charge in [0.1, 0.15) is 0 Å². The topological polar surface area (TPSA) is 60.7 Å². The molecule has 4 rings (SSSR count). The molecule has 0 aliphatic heterocycles. The summed E-state index contributed by atoms with van der Waals surface area (Å²) in [7, 11) is 0. The minimum absolute atomic E-state index is 0.0424. The first-order chi connectivity index (χ1) is 11.8. The van der Waals surface area contributed by atoms with Crippen LogP contribution in [0, 0.1) is 34.5 Å². The van der Waals surface area contributed by atoms with E-state index in [0.717, 1.165) is 50.4 Å². The van der Waals surface area contributed by atoms with Gasteiger partial charge in [0.05, 0.1) is 11.7 Å². The van der Waals surface area contributed by atoms with Crippen molar-refractivity contribution in [2.24, 2.45) is 34.5 Å². The minimum atomic E-state index is -0.564. The molecule has 0 amide bonds. The molecule has 3 heteroatoms. The van der Waals surface area contributed by atoms with Crippen LogP contribution in [0.2, 0.25) is 0 Å². The molecule has 4 aliphatic rings. The lowest BCUT2D eigenvalue weighted by molar-refractivity contribution is -0.160. The lowest BCUT2D eigenvalue weighted by Gasteiger charge is -2.61. The fourth-order valence-electron chi connectivity index (χ4n) is 8.13. The Morgan fingerprint density at radius 2 is 1.68 bits per heavy atom. The van der Waals surface area contributed by atoms with Crippen LogP contribution in [-0.2, 0) is 0 Å². The van der Waals surface area contributed by atoms with E-state index in [1.165, 1.54) is 32.1 Å². The Hall–Kier alpha value is -0.120. The number of hydrogen-bond acceptors (Lipinski definition) is 3. The Balaban J connectivity index is 1.58. The lowest BCUT2D eigenvalue weighted by atomic mass is 9.44. The number of hydrogen-bond donors (Lipinski definition) is 3. The average Bonchev–Trinajstić information content (AvgIpc) is 2.85. The number of rotatable bonds is 3. The SMILES string of the molecule is C[C@]12CCC(O)C[C@@H]1CC[C@@H]1[C@@H]2CC[C@@]2(C)[C@H]1CCC2(O)CCCO. The van der Waals surface area contributed by atoms with Crippen molar-refractivity contribution < 1.29 is 15.3 Å². The van der Waals surface area contributed by atoms with Crippen LogP contribution in [0.5, 0.6) is 0 Å². The summed E-state index contributed by atoms with van der Waals surface area (Å²) in [6.45, 7) is 5.07. The molecule has 3 nitrogen and oxygen atoms in total. The molecule has 0 radical (unpaired) electrons. The van der Waals surface area contributed by atoms with E-state index in [1.807, 2.05) is 0 Å². The van der Waals surface area contributed by atoms with E-state index >= 15 is 0 Å². The monoisotopic (exact) mass is 350 g/mol. The Morgan fingerprint density at radius 3 is 2.44 bits per heavy atom. The van der Waals surface area contributed by atoms with Crippen LogP contribution in [0.4, 0.5) is 0 Å². The Kier molecular flexibility index (Phi) is 4.53. The van der Waals surface area contributed by atoms with E-state index in [0.29, 0.717) is 17.3 Å². The largest absolute Gasteiger partial charge is 0.396 e. The predicted molar refractivity (Wildman–Crippen MR) is 99.0 cm³/mol. The second-order valence-electron chi connectivity index (χ2n) is 10.4. The van der Waals surface area contributed by atoms with Gasteiger partial charge in [0.15, 0.2) is 0 Å². The van der Waals surface area contributed by atoms with Crippen LogP contribution in [0.1, 0.15) is 84.5 Å². The molecule has 0 spiro atoms. The van der Waals surface area contributed by atoms with Gasteiger partial charge in [-0.05, 0) is 105 Å². The van der Waals surface area contributed by atoms with Gasteiger partial charge in [0, 0.05) is 6.61 Å². The molecule has 4 aliphatic carbocycles. The van der Waals surface area contributed by atoms with Crippen LogP contribution < -0.4 is 0 Å². The maximum Gasteiger partial charge on any atom is 0.0704 e. The fraction of sp³-hybridized carbons (Fsp3) is 1.00. The average molecular weight is 351 g/mol. The lowest BCUT2D eigenvalue weighted by Crippen LogP contribution is -2.56. The summed E-state index contributed by atoms with van der Waals surface area (Å²) in [6, 6.07) is 0. The third kappa shape index (κ3) is 2.56. The zero-order chi connectivity index (χ0) is 17.9. The molecule has 2 unspecified atom stereocenters. The summed E-state index contributed by atoms with van der Waals surface area (Å²) in [4.78, 5) is 0. The van der Waals surface area contributed by atoms with E-state index in [4.69, 9.17) is 0 Å². The van der Waals surface area contributed by atoms with Crippen LogP contribution in [0.25, 0.3) is 0 Å². The molecule has 25 heavy (non-hydrogen) atoms. The quantitative estimate of drug-likeness (QED) is 0.723. The van der Waals surface area contributed by atoms with Gasteiger partial charge in [-0.1, -0.05) is 13.8 Å². The van der Waals surface area contributed by atoms with Gasteiger partial charge in [-0.15, -0.1) is 0 Å². The molecule has 0 aromatic heterocycles. The highest BCUT2D eigenvalue weighted by molar-refractivity contribution is 5.13. The van der Waals surface area contributed by atoms with Gasteiger partial charge in [-0.3, -0.25) is 0 Å². The number of aliphatic hydroxyl groups is 3. The van der Waals surface area contributed by atoms with Gasteiger partial charge < -0.3 is 15.3 Å². The number of fused-ring (bicyclic) bond motifs is 5. The van der Waals surface area contributed by atoms with Crippen LogP contribution in [0.15, 0.2) is 0 Å². The van der Waals surface area contributed by atoms with Gasteiger partial charge in [0.25, 0.3) is 0 Å². The third-order valence-corrected chi connectivity index (χ3v) is 9.71. The molecule has 8 atom stereocenters. The zero-order valence-corrected chi connectivity index (χ0v) is 16.2. The highest BCUT2D eigenvalue weighted by Crippen LogP contribution is 2.68. The van der Waals surface area contributed by atoms with Crippen LogP contribution >= 0.6 is 0 Å². The molecule has 4 fully saturated rings. The molecule has 3 N–H and O–H groups in total. The van der Waals surface area contributed by atoms with Gasteiger partial charge >= 0.3 is 0 Å². The molecular weight excluding hydrogens is 312 g/mol. The van der Waals surface area contributed by atoms with Crippen molar-refractivity contribution in [3.63, 3.8) is 0 Å². The highest BCUT2D eigenvalue weighted by Gasteiger charge is 2.64. The smallest absolute Gasteiger partial charge is 0.0704 e. The first-order valence-electron chi connectivity index (χ1n) is 10.9. The zero-order valence-electron chi connectivity index (χ0n) is 16.2.